The lowest BCUT2D eigenvalue weighted by Crippen LogP contribution is -2.62. The first-order valence-corrected chi connectivity index (χ1v) is 14.6. The summed E-state index contributed by atoms with van der Waals surface area (Å²) in [5.74, 6) is -0.785. The van der Waals surface area contributed by atoms with Gasteiger partial charge in [0, 0.05) is 44.1 Å². The van der Waals surface area contributed by atoms with E-state index in [4.69, 9.17) is 34.8 Å². The highest BCUT2D eigenvalue weighted by Crippen LogP contribution is 2.43. The summed E-state index contributed by atoms with van der Waals surface area (Å²) in [6, 6.07) is 8.23. The molecule has 0 bridgehead atoms. The van der Waals surface area contributed by atoms with Crippen LogP contribution in [-0.4, -0.2) is 66.8 Å². The van der Waals surface area contributed by atoms with Gasteiger partial charge in [0.05, 0.1) is 20.6 Å². The highest BCUT2D eigenvalue weighted by molar-refractivity contribution is 6.42. The normalized spacial score (nSPS) is 24.3. The number of nitrogens with zero attached hydrogens (tertiary/aromatic N) is 2. The molecule has 2 saturated heterocycles. The number of benzene rings is 2. The van der Waals surface area contributed by atoms with E-state index in [1.165, 1.54) is 30.9 Å². The van der Waals surface area contributed by atoms with Gasteiger partial charge < -0.3 is 15.1 Å². The van der Waals surface area contributed by atoms with Gasteiger partial charge in [0.25, 0.3) is 5.91 Å². The van der Waals surface area contributed by atoms with Crippen LogP contribution >= 0.6 is 34.8 Å². The molecule has 1 N–H and O–H groups in total. The molecule has 216 valence electrons. The van der Waals surface area contributed by atoms with Gasteiger partial charge in [0.1, 0.15) is 5.54 Å². The second kappa shape index (κ2) is 11.4. The SMILES string of the molecule is CN(C(=O)c1ccc(Cl)c(C(F)(F)F)c1)[C@@]1(C(=O)C2CCN(CC3CC3)CC2)CNC[C@@H]1c1ccc(Cl)c(Cl)c1. The molecule has 1 aliphatic carbocycles. The monoisotopic (exact) mass is 615 g/mol. The van der Waals surface area contributed by atoms with Gasteiger partial charge in [-0.05, 0) is 80.6 Å². The molecule has 2 atom stereocenters. The number of likely N-dealkylation sites (N-methyl/N-ethyl adjacent to an activating group) is 1. The Morgan fingerprint density at radius 1 is 1.00 bits per heavy atom. The van der Waals surface area contributed by atoms with Gasteiger partial charge in [-0.15, -0.1) is 0 Å². The lowest BCUT2D eigenvalue weighted by molar-refractivity contribution is -0.137. The third-order valence-electron chi connectivity index (χ3n) is 8.69. The largest absolute Gasteiger partial charge is 0.417 e. The van der Waals surface area contributed by atoms with Gasteiger partial charge in [-0.3, -0.25) is 9.59 Å². The summed E-state index contributed by atoms with van der Waals surface area (Å²) >= 11 is 18.3. The minimum Gasteiger partial charge on any atom is -0.327 e. The summed E-state index contributed by atoms with van der Waals surface area (Å²) in [4.78, 5) is 32.2. The summed E-state index contributed by atoms with van der Waals surface area (Å²) in [5.41, 5.74) is -1.89. The second-order valence-corrected chi connectivity index (χ2v) is 12.4. The van der Waals surface area contributed by atoms with E-state index in [1.807, 2.05) is 0 Å². The molecule has 0 radical (unpaired) electrons. The predicted octanol–water partition coefficient (Wildman–Crippen LogP) is 6.55. The summed E-state index contributed by atoms with van der Waals surface area (Å²) in [7, 11) is 1.50. The Bertz CT molecular complexity index is 1300. The highest BCUT2D eigenvalue weighted by atomic mass is 35.5. The first-order chi connectivity index (χ1) is 18.9. The Kier molecular flexibility index (Phi) is 8.48. The van der Waals surface area contributed by atoms with Crippen LogP contribution in [0.25, 0.3) is 0 Å². The molecule has 5 nitrogen and oxygen atoms in total. The van der Waals surface area contributed by atoms with Crippen molar-refractivity contribution in [3.8, 4) is 0 Å². The number of likely N-dealkylation sites (tertiary alicyclic amines) is 1. The molecule has 5 rings (SSSR count). The zero-order chi connectivity index (χ0) is 28.8. The van der Waals surface area contributed by atoms with Gasteiger partial charge in [-0.25, -0.2) is 0 Å². The van der Waals surface area contributed by atoms with Gasteiger partial charge in [-0.2, -0.15) is 13.2 Å². The molecule has 3 aliphatic rings. The first-order valence-electron chi connectivity index (χ1n) is 13.5. The standard InChI is InChI=1S/C29H31Cl3F3N3O2/c1-37(27(40)20-5-6-23(30)21(12-20)29(33,34)35)28(16-36-14-22(28)19-4-7-24(31)25(32)13-19)26(39)18-8-10-38(11-9-18)15-17-2-3-17/h4-7,12-13,17-18,22,36H,2-3,8-11,14-16H2,1H3/t22-,28+/m1/s1. The summed E-state index contributed by atoms with van der Waals surface area (Å²) < 4.78 is 40.8. The quantitative estimate of drug-likeness (QED) is 0.383. The average Bonchev–Trinajstić information content (AvgIpc) is 3.63. The van der Waals surface area contributed by atoms with Gasteiger partial charge in [0.2, 0.25) is 0 Å². The van der Waals surface area contributed by atoms with Crippen molar-refractivity contribution in [3.05, 3.63) is 68.2 Å². The van der Waals surface area contributed by atoms with Crippen molar-refractivity contribution in [3.63, 3.8) is 0 Å². The predicted molar refractivity (Wildman–Crippen MR) is 150 cm³/mol. The number of Topliss-reactive ketones (excluding diaryl/α,β-unsaturated/α-hetero) is 1. The Morgan fingerprint density at radius 3 is 2.30 bits per heavy atom. The van der Waals surface area contributed by atoms with Crippen molar-refractivity contribution in [2.24, 2.45) is 11.8 Å². The number of hydrogen-bond acceptors (Lipinski definition) is 4. The third kappa shape index (κ3) is 5.75. The topological polar surface area (TPSA) is 52.7 Å². The second-order valence-electron chi connectivity index (χ2n) is 11.2. The maximum absolute atomic E-state index is 14.5. The van der Waals surface area contributed by atoms with Crippen LogP contribution in [-0.2, 0) is 11.0 Å². The maximum Gasteiger partial charge on any atom is 0.417 e. The van der Waals surface area contributed by atoms with E-state index in [-0.39, 0.29) is 23.8 Å². The van der Waals surface area contributed by atoms with Crippen LogP contribution in [0.2, 0.25) is 15.1 Å². The molecular weight excluding hydrogens is 586 g/mol. The molecule has 2 aliphatic heterocycles. The molecule has 11 heteroatoms. The number of halogens is 6. The van der Waals surface area contributed by atoms with Crippen molar-refractivity contribution in [2.45, 2.75) is 43.3 Å². The van der Waals surface area contributed by atoms with Crippen LogP contribution in [0, 0.1) is 11.8 Å². The molecule has 1 saturated carbocycles. The molecule has 40 heavy (non-hydrogen) atoms. The number of carbonyl (C=O) groups excluding carboxylic acids is 2. The zero-order valence-corrected chi connectivity index (χ0v) is 24.3. The van der Waals surface area contributed by atoms with Crippen LogP contribution in [0.5, 0.6) is 0 Å². The minimum atomic E-state index is -4.73. The fourth-order valence-corrected chi connectivity index (χ4v) is 6.78. The molecule has 0 unspecified atom stereocenters. The van der Waals surface area contributed by atoms with E-state index in [1.54, 1.807) is 18.2 Å². The number of nitrogens with one attached hydrogen (secondary N) is 1. The van der Waals surface area contributed by atoms with E-state index >= 15 is 0 Å². The Labute approximate surface area is 246 Å². The average molecular weight is 617 g/mol. The van der Waals surface area contributed by atoms with E-state index in [0.29, 0.717) is 29.4 Å². The van der Waals surface area contributed by atoms with Crippen LogP contribution in [0.3, 0.4) is 0 Å². The Balaban J connectivity index is 1.51. The fourth-order valence-electron chi connectivity index (χ4n) is 6.25. The van der Waals surface area contributed by atoms with Crippen molar-refractivity contribution >= 4 is 46.5 Å². The number of alkyl halides is 3. The number of amides is 1. The van der Waals surface area contributed by atoms with Crippen molar-refractivity contribution < 1.29 is 22.8 Å². The van der Waals surface area contributed by atoms with E-state index in [0.717, 1.165) is 43.2 Å². The fraction of sp³-hybridized carbons (Fsp3) is 0.517. The van der Waals surface area contributed by atoms with E-state index in [2.05, 4.69) is 10.2 Å². The van der Waals surface area contributed by atoms with Crippen molar-refractivity contribution in [1.82, 2.24) is 15.1 Å². The van der Waals surface area contributed by atoms with Crippen molar-refractivity contribution in [2.75, 3.05) is 39.8 Å². The highest BCUT2D eigenvalue weighted by Gasteiger charge is 2.56. The number of ketones is 1. The Morgan fingerprint density at radius 2 is 1.68 bits per heavy atom. The van der Waals surface area contributed by atoms with Gasteiger partial charge in [-0.1, -0.05) is 40.9 Å². The van der Waals surface area contributed by atoms with Gasteiger partial charge in [0.15, 0.2) is 5.78 Å². The van der Waals surface area contributed by atoms with E-state index < -0.39 is 34.1 Å². The maximum atomic E-state index is 14.5. The van der Waals surface area contributed by atoms with Crippen LogP contribution in [0.4, 0.5) is 13.2 Å². The molecule has 0 spiro atoms. The molecule has 2 aromatic carbocycles. The first kappa shape index (κ1) is 29.6. The number of carbonyl (C=O) groups is 2. The Hall–Kier alpha value is -1.84. The summed E-state index contributed by atoms with van der Waals surface area (Å²) in [5, 5.41) is 3.48. The smallest absolute Gasteiger partial charge is 0.327 e. The number of piperidine rings is 1. The summed E-state index contributed by atoms with van der Waals surface area (Å²) in [6.45, 7) is 3.21. The number of hydrogen-bond donors (Lipinski definition) is 1. The molecule has 0 aromatic heterocycles. The lowest BCUT2D eigenvalue weighted by atomic mass is 9.71. The number of rotatable bonds is 7. The molecule has 2 aromatic rings. The lowest BCUT2D eigenvalue weighted by Gasteiger charge is -2.45. The summed E-state index contributed by atoms with van der Waals surface area (Å²) in [6.07, 6.45) is -0.879. The van der Waals surface area contributed by atoms with E-state index in [9.17, 15) is 22.8 Å². The van der Waals surface area contributed by atoms with Crippen LogP contribution in [0.1, 0.15) is 53.1 Å². The molecular formula is C29H31Cl3F3N3O2. The molecule has 3 fully saturated rings. The minimum absolute atomic E-state index is 0.0829. The third-order valence-corrected chi connectivity index (χ3v) is 9.75. The molecule has 1 amide bonds. The van der Waals surface area contributed by atoms with Crippen LogP contribution in [0.15, 0.2) is 36.4 Å². The van der Waals surface area contributed by atoms with Gasteiger partial charge >= 0.3 is 6.18 Å². The molecule has 2 heterocycles. The zero-order valence-electron chi connectivity index (χ0n) is 22.0. The van der Waals surface area contributed by atoms with Crippen LogP contribution < -0.4 is 5.32 Å². The van der Waals surface area contributed by atoms with Crippen molar-refractivity contribution in [1.29, 1.82) is 0 Å².